The van der Waals surface area contributed by atoms with Crippen molar-refractivity contribution >= 4 is 76.5 Å². The number of aromatic nitrogens is 1. The van der Waals surface area contributed by atoms with Gasteiger partial charge in [0.15, 0.2) is 0 Å². The van der Waals surface area contributed by atoms with E-state index in [2.05, 4.69) is 241 Å². The Balaban J connectivity index is 0.000000226. The Morgan fingerprint density at radius 2 is 0.812 bits per heavy atom. The highest BCUT2D eigenvalue weighted by molar-refractivity contribution is 6.29. The van der Waals surface area contributed by atoms with Gasteiger partial charge in [0.25, 0.3) is 17.7 Å². The van der Waals surface area contributed by atoms with E-state index in [1.54, 1.807) is 27.3 Å². The number of morpholine rings is 2. The standard InChI is InChI=1S/C15H23NO.2C14H18N2O2.C14H21NO.C13H16N2O2.C13H20N2O.C12H18N2O.C9H12ClN/c1-13(2)11-14-3-5-15(6-4-14)12-16-7-9-17-10-8-16;1-9(2)8-10-4-6-11(7-5-10)12-13(17)16(3)14(18)15-12;1-9(2)6-10-4-3-5-11(7-10)8-12-13(17)16-14(18)15-12;1-12(2)11-13-3-5-14(6-4-13)15-7-9-16-10-8-15;1-8(2)7-9-3-5-10(6-4-9)11-12(16)15-13(17)14-11;1-10(2)9-11-5-7-12(8-6-11)14-13(16)15(3)4;1-9(2)8-10-4-6-11(7-5-10)14-12(15)13-3;1-7(2)5-8-3-4-11-9(10)6-8/h3-6,13H,7-12H2,1-2H3;4-7,9,12H,8H2,1-3H3,(H,15,18);3-5,7,9,12H,6,8H2,1-2H3,(H2,15,16,17,18);3-6,12H,7-11H2,1-2H3;3-6,8,11H,7H2,1-2H3,(H2,14,15,16,17);5-8,10H,9H2,1-4H3,(H,14,16);4-7,9H,8H2,1-3H3,(H2,13,14,15);3-4,6-7H,5H2,1-2H3. The second-order valence-corrected chi connectivity index (χ2v) is 37.2. The summed E-state index contributed by atoms with van der Waals surface area (Å²) in [6.45, 7) is 43.9. The number of urea groups is 5. The fourth-order valence-corrected chi connectivity index (χ4v) is 14.7. The number of carbonyl (C=O) groups is 8. The highest BCUT2D eigenvalue weighted by atomic mass is 35.5. The molecule has 3 atom stereocenters. The molecule has 8 aromatic rings. The summed E-state index contributed by atoms with van der Waals surface area (Å²) in [5, 5.41) is 21.0. The van der Waals surface area contributed by atoms with Gasteiger partial charge in [-0.2, -0.15) is 0 Å². The third kappa shape index (κ3) is 41.0. The van der Waals surface area contributed by atoms with Crippen LogP contribution < -0.4 is 47.4 Å². The number of carbonyl (C=O) groups excluding carboxylic acids is 8. The van der Waals surface area contributed by atoms with Crippen molar-refractivity contribution in [2.45, 2.75) is 193 Å². The molecule has 6 heterocycles. The SMILES string of the molecule is CC(C)Cc1ccc(C2NC(=O)N(C)C2=O)cc1.CC(C)Cc1ccc(C2NC(=O)NC2=O)cc1.CC(C)Cc1ccc(CN2CCOCC2)cc1.CC(C)Cc1ccc(N2CCOCC2)cc1.CC(C)Cc1ccc(NC(=O)N(C)C)cc1.CC(C)Cc1cccc(CC2NC(=O)NC2=O)c1.CC(C)Cc1ccnc(Cl)c1.CNC(=O)Nc1ccc(CC(C)C)cc1. The molecule has 24 heteroatoms. The highest BCUT2D eigenvalue weighted by Crippen LogP contribution is 2.26. The molecule has 694 valence electrons. The molecular formula is C104H146ClN13O10. The van der Waals surface area contributed by atoms with Crippen molar-refractivity contribution < 1.29 is 47.8 Å². The van der Waals surface area contributed by atoms with E-state index in [0.29, 0.717) is 47.1 Å². The summed E-state index contributed by atoms with van der Waals surface area (Å²) in [4.78, 5) is 102. The Morgan fingerprint density at radius 1 is 0.438 bits per heavy atom. The summed E-state index contributed by atoms with van der Waals surface area (Å²) in [5.74, 6) is 4.55. The molecule has 0 saturated carbocycles. The summed E-state index contributed by atoms with van der Waals surface area (Å²) in [5.41, 5.74) is 17.7. The van der Waals surface area contributed by atoms with E-state index in [9.17, 15) is 38.4 Å². The first kappa shape index (κ1) is 106. The average Bonchev–Trinajstić information content (AvgIpc) is 1.65. The highest BCUT2D eigenvalue weighted by Gasteiger charge is 2.37. The molecule has 7 aromatic carbocycles. The van der Waals surface area contributed by atoms with Gasteiger partial charge in [-0.15, -0.1) is 0 Å². The average molecular weight is 1770 g/mol. The van der Waals surface area contributed by atoms with E-state index in [4.69, 9.17) is 21.1 Å². The van der Waals surface area contributed by atoms with Crippen LogP contribution in [-0.4, -0.2) is 154 Å². The predicted molar refractivity (Wildman–Crippen MR) is 520 cm³/mol. The normalized spacial score (nSPS) is 15.8. The number of likely N-dealkylation sites (N-methyl/N-ethyl adjacent to an activating group) is 1. The Hall–Kier alpha value is -11.0. The zero-order chi connectivity index (χ0) is 93.9. The van der Waals surface area contributed by atoms with Gasteiger partial charge in [-0.05, 0) is 214 Å². The van der Waals surface area contributed by atoms with Crippen molar-refractivity contribution in [1.29, 1.82) is 0 Å². The summed E-state index contributed by atoms with van der Waals surface area (Å²) in [7, 11) is 6.54. The lowest BCUT2D eigenvalue weighted by atomic mass is 9.98. The van der Waals surface area contributed by atoms with Gasteiger partial charge in [0, 0.05) is 90.6 Å². The molecule has 0 radical (unpaired) electrons. The molecule has 0 aliphatic carbocycles. The van der Waals surface area contributed by atoms with Crippen LogP contribution in [0.2, 0.25) is 5.15 Å². The first-order valence-corrected chi connectivity index (χ1v) is 45.9. The monoisotopic (exact) mass is 1770 g/mol. The number of nitrogens with zero attached hydrogens (tertiary/aromatic N) is 5. The molecule has 128 heavy (non-hydrogen) atoms. The fraction of sp³-hybridized carbons (Fsp3) is 0.471. The van der Waals surface area contributed by atoms with E-state index < -0.39 is 30.2 Å². The maximum absolute atomic E-state index is 11.8. The number of anilines is 3. The lowest BCUT2D eigenvalue weighted by molar-refractivity contribution is -0.126. The fourth-order valence-electron chi connectivity index (χ4n) is 14.5. The van der Waals surface area contributed by atoms with Crippen LogP contribution in [0, 0.1) is 47.3 Å². The smallest absolute Gasteiger partial charge is 0.324 e. The number of ether oxygens (including phenoxy) is 2. The van der Waals surface area contributed by atoms with Crippen LogP contribution in [-0.2, 0) is 88.2 Å². The number of halogens is 1. The van der Waals surface area contributed by atoms with Crippen LogP contribution in [0.3, 0.4) is 0 Å². The maximum atomic E-state index is 11.8. The summed E-state index contributed by atoms with van der Waals surface area (Å²) in [6, 6.07) is 58.9. The molecule has 8 N–H and O–H groups in total. The van der Waals surface area contributed by atoms with E-state index in [1.165, 1.54) is 80.5 Å². The molecule has 0 spiro atoms. The first-order valence-electron chi connectivity index (χ1n) is 45.5. The molecule has 13 rings (SSSR count). The Labute approximate surface area is 768 Å². The summed E-state index contributed by atoms with van der Waals surface area (Å²) in [6.07, 6.45) is 10.9. The minimum Gasteiger partial charge on any atom is -0.379 e. The third-order valence-electron chi connectivity index (χ3n) is 20.7. The van der Waals surface area contributed by atoms with Gasteiger partial charge in [-0.3, -0.25) is 34.8 Å². The third-order valence-corrected chi connectivity index (χ3v) is 20.9. The minimum absolute atomic E-state index is 0.100. The van der Waals surface area contributed by atoms with Gasteiger partial charge in [-0.25, -0.2) is 29.0 Å². The van der Waals surface area contributed by atoms with Gasteiger partial charge < -0.3 is 51.2 Å². The van der Waals surface area contributed by atoms with Crippen LogP contribution in [0.1, 0.15) is 190 Å². The van der Waals surface area contributed by atoms with Crippen LogP contribution in [0.15, 0.2) is 188 Å². The van der Waals surface area contributed by atoms with Crippen LogP contribution >= 0.6 is 11.6 Å². The van der Waals surface area contributed by atoms with Crippen molar-refractivity contribution in [3.63, 3.8) is 0 Å². The molecule has 5 aliphatic rings. The molecule has 1 aromatic heterocycles. The number of pyridine rings is 1. The second-order valence-electron chi connectivity index (χ2n) is 36.9. The molecule has 5 fully saturated rings. The minimum atomic E-state index is -0.546. The van der Waals surface area contributed by atoms with Crippen molar-refractivity contribution in [1.82, 2.24) is 51.6 Å². The number of nitrogens with one attached hydrogen (secondary N) is 8. The summed E-state index contributed by atoms with van der Waals surface area (Å²) >= 11 is 5.72. The van der Waals surface area contributed by atoms with Crippen molar-refractivity contribution in [2.75, 3.05) is 96.3 Å². The molecule has 23 nitrogen and oxygen atoms in total. The predicted octanol–water partition coefficient (Wildman–Crippen LogP) is 19.5. The van der Waals surface area contributed by atoms with Crippen LogP contribution in [0.5, 0.6) is 0 Å². The second kappa shape index (κ2) is 55.7. The van der Waals surface area contributed by atoms with Crippen molar-refractivity contribution in [3.05, 3.63) is 260 Å². The number of hydrogen-bond acceptors (Lipinski definition) is 13. The van der Waals surface area contributed by atoms with E-state index in [-0.39, 0.29) is 35.8 Å². The Bertz CT molecular complexity index is 4660. The molecule has 5 saturated heterocycles. The van der Waals surface area contributed by atoms with Gasteiger partial charge in [0.2, 0.25) is 0 Å². The zero-order valence-electron chi connectivity index (χ0n) is 79.7. The number of amides is 13. The van der Waals surface area contributed by atoms with Crippen LogP contribution in [0.4, 0.5) is 41.0 Å². The number of benzene rings is 7. The zero-order valence-corrected chi connectivity index (χ0v) is 80.4. The van der Waals surface area contributed by atoms with E-state index >= 15 is 0 Å². The summed E-state index contributed by atoms with van der Waals surface area (Å²) < 4.78 is 10.7. The van der Waals surface area contributed by atoms with Gasteiger partial charge >= 0.3 is 30.2 Å². The lowest BCUT2D eigenvalue weighted by Gasteiger charge is -2.29. The maximum Gasteiger partial charge on any atom is 0.324 e. The first-order chi connectivity index (χ1) is 60.9. The molecule has 0 bridgehead atoms. The number of hydrogen-bond donors (Lipinski definition) is 8. The largest absolute Gasteiger partial charge is 0.379 e. The number of rotatable bonds is 25. The van der Waals surface area contributed by atoms with E-state index in [1.807, 2.05) is 109 Å². The van der Waals surface area contributed by atoms with Gasteiger partial charge in [0.05, 0.1) is 26.4 Å². The van der Waals surface area contributed by atoms with Crippen LogP contribution in [0.25, 0.3) is 0 Å². The Morgan fingerprint density at radius 3 is 1.20 bits per heavy atom. The number of imide groups is 3. The quantitative estimate of drug-likeness (QED) is 0.0195. The molecule has 5 aliphatic heterocycles. The topological polar surface area (TPSA) is 277 Å². The van der Waals surface area contributed by atoms with Gasteiger partial charge in [0.1, 0.15) is 23.3 Å². The molecule has 3 unspecified atom stereocenters. The molecular weight excluding hydrogens is 1630 g/mol. The molecule has 13 amide bonds. The van der Waals surface area contributed by atoms with E-state index in [0.717, 1.165) is 142 Å². The van der Waals surface area contributed by atoms with Crippen molar-refractivity contribution in [3.8, 4) is 0 Å². The van der Waals surface area contributed by atoms with Crippen molar-refractivity contribution in [2.24, 2.45) is 47.3 Å². The lowest BCUT2D eigenvalue weighted by Crippen LogP contribution is -2.36. The Kier molecular flexibility index (Phi) is 46.0. The van der Waals surface area contributed by atoms with Gasteiger partial charge in [-0.1, -0.05) is 256 Å².